The minimum Gasteiger partial charge on any atom is -0.317 e. The average molecular weight is 260 g/mol. The maximum absolute atomic E-state index is 3.46. The number of nitrogens with one attached hydrogen (secondary N) is 1. The van der Waals surface area contributed by atoms with Gasteiger partial charge in [-0.3, -0.25) is 4.90 Å². The molecule has 0 saturated carbocycles. The van der Waals surface area contributed by atoms with Crippen molar-refractivity contribution in [2.75, 3.05) is 13.6 Å². The number of aryl methyl sites for hydroxylation is 1. The Morgan fingerprint density at radius 2 is 1.84 bits per heavy atom. The molecule has 0 bridgehead atoms. The third-order valence-electron chi connectivity index (χ3n) is 5.05. The summed E-state index contributed by atoms with van der Waals surface area (Å²) < 4.78 is 0. The van der Waals surface area contributed by atoms with Crippen LogP contribution in [0.5, 0.6) is 0 Å². The van der Waals surface area contributed by atoms with E-state index in [-0.39, 0.29) is 0 Å². The summed E-state index contributed by atoms with van der Waals surface area (Å²) in [6.45, 7) is 10.4. The van der Waals surface area contributed by atoms with E-state index in [2.05, 4.69) is 69.2 Å². The molecular weight excluding hydrogens is 232 g/mol. The van der Waals surface area contributed by atoms with Crippen LogP contribution >= 0.6 is 0 Å². The molecule has 1 aliphatic rings. The lowest BCUT2D eigenvalue weighted by Gasteiger charge is -2.45. The summed E-state index contributed by atoms with van der Waals surface area (Å²) >= 11 is 0. The highest BCUT2D eigenvalue weighted by atomic mass is 15.2. The molecule has 1 saturated heterocycles. The van der Waals surface area contributed by atoms with Crippen molar-refractivity contribution in [2.45, 2.75) is 52.2 Å². The van der Waals surface area contributed by atoms with Crippen LogP contribution in [0.1, 0.15) is 44.4 Å². The second kappa shape index (κ2) is 6.06. The number of hydrogen-bond acceptors (Lipinski definition) is 2. The summed E-state index contributed by atoms with van der Waals surface area (Å²) in [5.74, 6) is 0.701. The first-order valence-electron chi connectivity index (χ1n) is 7.54. The maximum atomic E-state index is 3.46. The van der Waals surface area contributed by atoms with E-state index < -0.39 is 0 Å². The van der Waals surface area contributed by atoms with E-state index in [1.165, 1.54) is 24.1 Å². The van der Waals surface area contributed by atoms with Crippen LogP contribution in [0.25, 0.3) is 0 Å². The van der Waals surface area contributed by atoms with Gasteiger partial charge in [0.05, 0.1) is 0 Å². The van der Waals surface area contributed by atoms with Gasteiger partial charge in [0.15, 0.2) is 0 Å². The van der Waals surface area contributed by atoms with Crippen molar-refractivity contribution < 1.29 is 0 Å². The molecule has 0 radical (unpaired) electrons. The fourth-order valence-corrected chi connectivity index (χ4v) is 3.38. The predicted octanol–water partition coefficient (Wildman–Crippen LogP) is 3.37. The van der Waals surface area contributed by atoms with Crippen LogP contribution < -0.4 is 5.32 Å². The van der Waals surface area contributed by atoms with E-state index in [1.54, 1.807) is 0 Å². The molecule has 2 heteroatoms. The molecule has 106 valence electrons. The van der Waals surface area contributed by atoms with Crippen molar-refractivity contribution >= 4 is 0 Å². The van der Waals surface area contributed by atoms with Gasteiger partial charge in [0.1, 0.15) is 0 Å². The minimum atomic E-state index is 0.510. The first-order chi connectivity index (χ1) is 9.04. The van der Waals surface area contributed by atoms with Crippen LogP contribution in [0.3, 0.4) is 0 Å². The summed E-state index contributed by atoms with van der Waals surface area (Å²) in [6.07, 6.45) is 1.25. The van der Waals surface area contributed by atoms with E-state index in [4.69, 9.17) is 0 Å². The highest BCUT2D eigenvalue weighted by Gasteiger charge is 2.34. The Bertz CT molecular complexity index is 398. The molecule has 1 aromatic rings. The topological polar surface area (TPSA) is 15.3 Å². The third-order valence-corrected chi connectivity index (χ3v) is 5.05. The normalized spacial score (nSPS) is 30.3. The molecular formula is C17H28N2. The molecule has 2 rings (SSSR count). The number of hydrogen-bond donors (Lipinski definition) is 1. The fourth-order valence-electron chi connectivity index (χ4n) is 3.38. The average Bonchev–Trinajstić information content (AvgIpc) is 2.42. The molecule has 2 nitrogen and oxygen atoms in total. The summed E-state index contributed by atoms with van der Waals surface area (Å²) in [4.78, 5) is 2.66. The van der Waals surface area contributed by atoms with Crippen molar-refractivity contribution in [2.24, 2.45) is 5.92 Å². The lowest BCUT2D eigenvalue weighted by atomic mass is 9.85. The van der Waals surface area contributed by atoms with Gasteiger partial charge in [0.25, 0.3) is 0 Å². The van der Waals surface area contributed by atoms with Gasteiger partial charge in [0.2, 0.25) is 0 Å². The zero-order valence-electron chi connectivity index (χ0n) is 13.0. The molecule has 0 aliphatic carbocycles. The lowest BCUT2D eigenvalue weighted by molar-refractivity contribution is 0.0545. The van der Waals surface area contributed by atoms with Crippen molar-refractivity contribution in [3.63, 3.8) is 0 Å². The van der Waals surface area contributed by atoms with Crippen molar-refractivity contribution in [1.82, 2.24) is 10.2 Å². The lowest BCUT2D eigenvalue weighted by Crippen LogP contribution is -2.53. The molecule has 0 spiro atoms. The minimum absolute atomic E-state index is 0.510. The third kappa shape index (κ3) is 3.01. The second-order valence-electron chi connectivity index (χ2n) is 6.11. The molecule has 4 unspecified atom stereocenters. The first kappa shape index (κ1) is 14.5. The highest BCUT2D eigenvalue weighted by Crippen LogP contribution is 2.31. The Kier molecular flexibility index (Phi) is 4.64. The van der Waals surface area contributed by atoms with Crippen LogP contribution in [-0.4, -0.2) is 30.6 Å². The Morgan fingerprint density at radius 3 is 2.42 bits per heavy atom. The van der Waals surface area contributed by atoms with Gasteiger partial charge in [-0.1, -0.05) is 36.8 Å². The Morgan fingerprint density at radius 1 is 1.21 bits per heavy atom. The van der Waals surface area contributed by atoms with Crippen molar-refractivity contribution in [3.8, 4) is 0 Å². The molecule has 19 heavy (non-hydrogen) atoms. The highest BCUT2D eigenvalue weighted by molar-refractivity contribution is 5.24. The molecule has 1 aliphatic heterocycles. The fraction of sp³-hybridized carbons (Fsp3) is 0.647. The zero-order chi connectivity index (χ0) is 14.0. The monoisotopic (exact) mass is 260 g/mol. The molecule has 0 amide bonds. The van der Waals surface area contributed by atoms with E-state index >= 15 is 0 Å². The van der Waals surface area contributed by atoms with E-state index in [0.29, 0.717) is 24.0 Å². The second-order valence-corrected chi connectivity index (χ2v) is 6.11. The molecule has 1 N–H and O–H groups in total. The van der Waals surface area contributed by atoms with Crippen molar-refractivity contribution in [1.29, 1.82) is 0 Å². The SMILES string of the molecule is CNC1CCN(C(C)c2ccc(C)cc2)C(C)C1C. The van der Waals surface area contributed by atoms with Crippen LogP contribution in [0.4, 0.5) is 0 Å². The van der Waals surface area contributed by atoms with Crippen LogP contribution in [0.2, 0.25) is 0 Å². The summed E-state index contributed by atoms with van der Waals surface area (Å²) in [5, 5.41) is 3.46. The van der Waals surface area contributed by atoms with Gasteiger partial charge in [-0.2, -0.15) is 0 Å². The van der Waals surface area contributed by atoms with Gasteiger partial charge in [-0.05, 0) is 45.7 Å². The molecule has 1 heterocycles. The number of rotatable bonds is 3. The summed E-state index contributed by atoms with van der Waals surface area (Å²) in [5.41, 5.74) is 2.78. The van der Waals surface area contributed by atoms with E-state index in [9.17, 15) is 0 Å². The van der Waals surface area contributed by atoms with Crippen LogP contribution in [-0.2, 0) is 0 Å². The van der Waals surface area contributed by atoms with Gasteiger partial charge in [-0.25, -0.2) is 0 Å². The standard InChI is InChI=1S/C17H28N2/c1-12-6-8-16(9-7-12)15(4)19-11-10-17(18-5)13(2)14(19)3/h6-9,13-15,17-18H,10-11H2,1-5H3. The number of piperidine rings is 1. The van der Waals surface area contributed by atoms with Crippen LogP contribution in [0, 0.1) is 12.8 Å². The predicted molar refractivity (Wildman–Crippen MR) is 82.4 cm³/mol. The molecule has 0 aromatic heterocycles. The first-order valence-corrected chi connectivity index (χ1v) is 7.54. The molecule has 1 fully saturated rings. The Hall–Kier alpha value is -0.860. The maximum Gasteiger partial charge on any atom is 0.0322 e. The van der Waals surface area contributed by atoms with Gasteiger partial charge >= 0.3 is 0 Å². The van der Waals surface area contributed by atoms with Crippen LogP contribution in [0.15, 0.2) is 24.3 Å². The summed E-state index contributed by atoms with van der Waals surface area (Å²) in [7, 11) is 2.09. The largest absolute Gasteiger partial charge is 0.317 e. The molecule has 1 aromatic carbocycles. The van der Waals surface area contributed by atoms with E-state index in [0.717, 1.165) is 0 Å². The number of likely N-dealkylation sites (tertiary alicyclic amines) is 1. The van der Waals surface area contributed by atoms with Gasteiger partial charge in [-0.15, -0.1) is 0 Å². The van der Waals surface area contributed by atoms with E-state index in [1.807, 2.05) is 0 Å². The summed E-state index contributed by atoms with van der Waals surface area (Å²) in [6, 6.07) is 10.8. The smallest absolute Gasteiger partial charge is 0.0322 e. The van der Waals surface area contributed by atoms with Gasteiger partial charge in [0, 0.05) is 24.7 Å². The molecule has 4 atom stereocenters. The Balaban J connectivity index is 2.11. The number of nitrogens with zero attached hydrogens (tertiary/aromatic N) is 1. The zero-order valence-corrected chi connectivity index (χ0v) is 13.0. The Labute approximate surface area is 118 Å². The number of benzene rings is 1. The van der Waals surface area contributed by atoms with Crippen molar-refractivity contribution in [3.05, 3.63) is 35.4 Å². The quantitative estimate of drug-likeness (QED) is 0.896. The van der Waals surface area contributed by atoms with Gasteiger partial charge < -0.3 is 5.32 Å².